The van der Waals surface area contributed by atoms with E-state index in [2.05, 4.69) is 32.3 Å². The van der Waals surface area contributed by atoms with E-state index in [1.165, 1.54) is 0 Å². The topological polar surface area (TPSA) is 76.6 Å². The zero-order valence-electron chi connectivity index (χ0n) is 17.6. The highest BCUT2D eigenvalue weighted by Gasteiger charge is 2.28. The van der Waals surface area contributed by atoms with Crippen molar-refractivity contribution in [2.24, 2.45) is 5.92 Å². The summed E-state index contributed by atoms with van der Waals surface area (Å²) in [5, 5.41) is 3.90. The maximum Gasteiger partial charge on any atom is 0.229 e. The van der Waals surface area contributed by atoms with Gasteiger partial charge < -0.3 is 19.7 Å². The summed E-state index contributed by atoms with van der Waals surface area (Å²) in [5.74, 6) is 2.09. The summed E-state index contributed by atoms with van der Waals surface area (Å²) in [6, 6.07) is 15.6. The number of nitrogens with one attached hydrogen (secondary N) is 1. The van der Waals surface area contributed by atoms with Crippen molar-refractivity contribution >= 4 is 29.2 Å². The summed E-state index contributed by atoms with van der Waals surface area (Å²) in [6.07, 6.45) is 5.19. The third-order valence-electron chi connectivity index (χ3n) is 5.51. The van der Waals surface area contributed by atoms with Gasteiger partial charge in [-0.2, -0.15) is 0 Å². The summed E-state index contributed by atoms with van der Waals surface area (Å²) in [7, 11) is 0. The highest BCUT2D eigenvalue weighted by molar-refractivity contribution is 7.99. The molecule has 0 radical (unpaired) electrons. The lowest BCUT2D eigenvalue weighted by Gasteiger charge is -2.33. The lowest BCUT2D eigenvalue weighted by molar-refractivity contribution is -0.120. The number of carbonyl (C=O) groups excluding carboxylic acids is 1. The van der Waals surface area contributed by atoms with Crippen molar-refractivity contribution in [1.29, 1.82) is 0 Å². The predicted molar refractivity (Wildman–Crippen MR) is 124 cm³/mol. The molecule has 3 heterocycles. The normalized spacial score (nSPS) is 17.6. The van der Waals surface area contributed by atoms with Crippen LogP contribution in [0.5, 0.6) is 11.5 Å². The molecule has 32 heavy (non-hydrogen) atoms. The Labute approximate surface area is 191 Å². The third-order valence-corrected chi connectivity index (χ3v) is 6.49. The molecule has 1 atom stereocenters. The van der Waals surface area contributed by atoms with Gasteiger partial charge in [0.2, 0.25) is 5.91 Å². The molecule has 2 aromatic carbocycles. The van der Waals surface area contributed by atoms with Crippen LogP contribution in [0.15, 0.2) is 70.8 Å². The molecule has 7 nitrogen and oxygen atoms in total. The van der Waals surface area contributed by atoms with Crippen molar-refractivity contribution in [1.82, 2.24) is 9.97 Å². The summed E-state index contributed by atoms with van der Waals surface area (Å²) in [6.45, 7) is 2.53. The fourth-order valence-electron chi connectivity index (χ4n) is 3.96. The van der Waals surface area contributed by atoms with Crippen molar-refractivity contribution in [3.05, 3.63) is 60.9 Å². The first-order valence-electron chi connectivity index (χ1n) is 10.8. The highest BCUT2D eigenvalue weighted by Crippen LogP contribution is 2.35. The molecule has 1 saturated heterocycles. The molecule has 1 aromatic heterocycles. The van der Waals surface area contributed by atoms with Gasteiger partial charge in [0, 0.05) is 42.1 Å². The van der Waals surface area contributed by atoms with E-state index in [4.69, 9.17) is 9.47 Å². The number of hydrogen-bond donors (Lipinski definition) is 1. The fraction of sp³-hybridized carbons (Fsp3) is 0.292. The van der Waals surface area contributed by atoms with Gasteiger partial charge in [0.25, 0.3) is 0 Å². The summed E-state index contributed by atoms with van der Waals surface area (Å²) < 4.78 is 11.2. The molecule has 2 aliphatic heterocycles. The number of anilines is 2. The molecule has 0 aliphatic carbocycles. The second kappa shape index (κ2) is 9.48. The zero-order chi connectivity index (χ0) is 21.8. The molecule has 0 saturated carbocycles. The smallest absolute Gasteiger partial charge is 0.229 e. The predicted octanol–water partition coefficient (Wildman–Crippen LogP) is 4.25. The van der Waals surface area contributed by atoms with Crippen LogP contribution in [0.25, 0.3) is 0 Å². The van der Waals surface area contributed by atoms with E-state index < -0.39 is 0 Å². The molecular formula is C24H24N4O3S. The van der Waals surface area contributed by atoms with Crippen LogP contribution < -0.4 is 19.7 Å². The molecule has 0 bridgehead atoms. The van der Waals surface area contributed by atoms with Gasteiger partial charge in [-0.15, -0.1) is 0 Å². The first-order valence-corrected chi connectivity index (χ1v) is 11.6. The minimum absolute atomic E-state index is 0.00697. The molecule has 1 unspecified atom stereocenters. The Kier molecular flexibility index (Phi) is 6.11. The summed E-state index contributed by atoms with van der Waals surface area (Å²) in [4.78, 5) is 25.5. The monoisotopic (exact) mass is 448 g/mol. The molecule has 0 spiro atoms. The molecule has 164 valence electrons. The number of amides is 1. The van der Waals surface area contributed by atoms with Gasteiger partial charge in [-0.05, 0) is 37.1 Å². The number of rotatable bonds is 5. The largest absolute Gasteiger partial charge is 0.486 e. The maximum atomic E-state index is 13.0. The van der Waals surface area contributed by atoms with Gasteiger partial charge in [0.15, 0.2) is 17.3 Å². The minimum Gasteiger partial charge on any atom is -0.486 e. The lowest BCUT2D eigenvalue weighted by atomic mass is 9.97. The average Bonchev–Trinajstić information content (AvgIpc) is 2.85. The van der Waals surface area contributed by atoms with E-state index in [1.807, 2.05) is 36.4 Å². The van der Waals surface area contributed by atoms with Crippen molar-refractivity contribution in [3.63, 3.8) is 0 Å². The van der Waals surface area contributed by atoms with Gasteiger partial charge in [0.05, 0.1) is 5.92 Å². The van der Waals surface area contributed by atoms with E-state index >= 15 is 0 Å². The third kappa shape index (κ3) is 4.65. The second-order valence-electron chi connectivity index (χ2n) is 7.73. The Balaban J connectivity index is 1.28. The van der Waals surface area contributed by atoms with Gasteiger partial charge in [-0.3, -0.25) is 4.79 Å². The van der Waals surface area contributed by atoms with Gasteiger partial charge in [-0.1, -0.05) is 30.0 Å². The minimum atomic E-state index is -0.131. The Morgan fingerprint density at radius 2 is 1.84 bits per heavy atom. The van der Waals surface area contributed by atoms with Crippen LogP contribution in [0.1, 0.15) is 12.8 Å². The second-order valence-corrected chi connectivity index (χ2v) is 8.80. The number of nitrogens with zero attached hydrogens (tertiary/aromatic N) is 3. The van der Waals surface area contributed by atoms with Crippen LogP contribution in [0.3, 0.4) is 0 Å². The van der Waals surface area contributed by atoms with Crippen LogP contribution in [-0.2, 0) is 4.79 Å². The first-order chi connectivity index (χ1) is 15.8. The Morgan fingerprint density at radius 1 is 1.03 bits per heavy atom. The fourth-order valence-corrected chi connectivity index (χ4v) is 4.86. The molecule has 1 fully saturated rings. The Bertz CT molecular complexity index is 1100. The molecule has 5 rings (SSSR count). The average molecular weight is 449 g/mol. The Morgan fingerprint density at radius 3 is 2.72 bits per heavy atom. The lowest BCUT2D eigenvalue weighted by Crippen LogP contribution is -2.41. The summed E-state index contributed by atoms with van der Waals surface area (Å²) in [5.41, 5.74) is 0.719. The van der Waals surface area contributed by atoms with Crippen molar-refractivity contribution < 1.29 is 14.3 Å². The molecule has 1 N–H and O–H groups in total. The van der Waals surface area contributed by atoms with Crippen LogP contribution in [-0.4, -0.2) is 42.2 Å². The van der Waals surface area contributed by atoms with Crippen molar-refractivity contribution in [2.45, 2.75) is 22.8 Å². The van der Waals surface area contributed by atoms with E-state index in [1.54, 1.807) is 24.2 Å². The molecular weight excluding hydrogens is 424 g/mol. The number of benzene rings is 2. The van der Waals surface area contributed by atoms with Crippen LogP contribution >= 0.6 is 11.8 Å². The quantitative estimate of drug-likeness (QED) is 0.625. The number of carbonyl (C=O) groups is 1. The van der Waals surface area contributed by atoms with E-state index in [0.29, 0.717) is 31.3 Å². The maximum absolute atomic E-state index is 13.0. The van der Waals surface area contributed by atoms with Crippen molar-refractivity contribution in [3.8, 4) is 11.5 Å². The van der Waals surface area contributed by atoms with E-state index in [-0.39, 0.29) is 11.8 Å². The molecule has 1 amide bonds. The molecule has 2 aliphatic rings. The zero-order valence-corrected chi connectivity index (χ0v) is 18.4. The number of fused-ring (bicyclic) bond motifs is 1. The summed E-state index contributed by atoms with van der Waals surface area (Å²) >= 11 is 1.59. The van der Waals surface area contributed by atoms with Crippen LogP contribution in [0.2, 0.25) is 0 Å². The first kappa shape index (κ1) is 20.6. The van der Waals surface area contributed by atoms with Gasteiger partial charge in [-0.25, -0.2) is 9.97 Å². The van der Waals surface area contributed by atoms with E-state index in [0.717, 1.165) is 40.8 Å². The van der Waals surface area contributed by atoms with Gasteiger partial charge >= 0.3 is 0 Å². The number of piperidine rings is 1. The molecule has 8 heteroatoms. The standard InChI is InChI=1S/C24H24N4O3S/c29-23(27-18-8-9-20-21(15-18)31-14-13-30-20)17-5-4-12-28(16-17)22-24(26-11-10-25-22)32-19-6-2-1-3-7-19/h1-3,6-11,15,17H,4-5,12-14,16H2,(H,27,29). The Hall–Kier alpha value is -3.26. The van der Waals surface area contributed by atoms with Crippen LogP contribution in [0.4, 0.5) is 11.5 Å². The van der Waals surface area contributed by atoms with E-state index in [9.17, 15) is 4.79 Å². The number of hydrogen-bond acceptors (Lipinski definition) is 7. The SMILES string of the molecule is O=C(Nc1ccc2c(c1)OCCO2)C1CCCN(c2nccnc2Sc2ccccc2)C1. The number of ether oxygens (including phenoxy) is 2. The van der Waals surface area contributed by atoms with Crippen LogP contribution in [0, 0.1) is 5.92 Å². The highest BCUT2D eigenvalue weighted by atomic mass is 32.2. The van der Waals surface area contributed by atoms with Gasteiger partial charge in [0.1, 0.15) is 18.2 Å². The number of aromatic nitrogens is 2. The molecule has 3 aromatic rings. The van der Waals surface area contributed by atoms with Crippen molar-refractivity contribution in [2.75, 3.05) is 36.5 Å².